The highest BCUT2D eigenvalue weighted by Crippen LogP contribution is 2.40. The number of hydrogen-bond donors (Lipinski definition) is 1. The van der Waals surface area contributed by atoms with Crippen molar-refractivity contribution in [3.05, 3.63) is 35.9 Å². The first-order chi connectivity index (χ1) is 7.24. The van der Waals surface area contributed by atoms with E-state index in [1.54, 1.807) is 0 Å². The third-order valence-corrected chi connectivity index (χ3v) is 3.82. The van der Waals surface area contributed by atoms with Crippen LogP contribution in [0.5, 0.6) is 0 Å². The van der Waals surface area contributed by atoms with Gasteiger partial charge in [0.05, 0.1) is 5.60 Å². The molecule has 82 valence electrons. The minimum Gasteiger partial charge on any atom is -0.385 e. The van der Waals surface area contributed by atoms with Gasteiger partial charge < -0.3 is 5.11 Å². The molecule has 0 aliphatic heterocycles. The predicted molar refractivity (Wildman–Crippen MR) is 62.6 cm³/mol. The first-order valence-corrected chi connectivity index (χ1v) is 6.02. The monoisotopic (exact) mass is 204 g/mol. The maximum absolute atomic E-state index is 10.6. The van der Waals surface area contributed by atoms with Crippen molar-refractivity contribution >= 4 is 0 Å². The van der Waals surface area contributed by atoms with E-state index < -0.39 is 5.60 Å². The lowest BCUT2D eigenvalue weighted by atomic mass is 9.74. The van der Waals surface area contributed by atoms with Gasteiger partial charge in [0.15, 0.2) is 0 Å². The average Bonchev–Trinajstić information content (AvgIpc) is 2.31. The third-order valence-electron chi connectivity index (χ3n) is 3.82. The highest BCUT2D eigenvalue weighted by atomic mass is 16.3. The number of benzene rings is 1. The van der Waals surface area contributed by atoms with Crippen LogP contribution in [0.3, 0.4) is 0 Å². The molecule has 1 aliphatic rings. The lowest BCUT2D eigenvalue weighted by Crippen LogP contribution is -2.31. The second kappa shape index (κ2) is 4.36. The van der Waals surface area contributed by atoms with E-state index in [0.717, 1.165) is 24.3 Å². The molecule has 1 fully saturated rings. The van der Waals surface area contributed by atoms with E-state index in [-0.39, 0.29) is 0 Å². The molecule has 1 nitrogen and oxygen atoms in total. The van der Waals surface area contributed by atoms with Gasteiger partial charge in [0.1, 0.15) is 0 Å². The predicted octanol–water partition coefficient (Wildman–Crippen LogP) is 3.47. The van der Waals surface area contributed by atoms with Crippen molar-refractivity contribution in [2.75, 3.05) is 0 Å². The van der Waals surface area contributed by atoms with Gasteiger partial charge in [-0.15, -0.1) is 0 Å². The molecule has 1 aromatic carbocycles. The summed E-state index contributed by atoms with van der Waals surface area (Å²) in [6, 6.07) is 10.1. The lowest BCUT2D eigenvalue weighted by Gasteiger charge is -2.36. The van der Waals surface area contributed by atoms with E-state index in [4.69, 9.17) is 0 Å². The largest absolute Gasteiger partial charge is 0.385 e. The number of rotatable bonds is 2. The average molecular weight is 204 g/mol. The van der Waals surface area contributed by atoms with Crippen LogP contribution in [0, 0.1) is 5.92 Å². The topological polar surface area (TPSA) is 20.2 Å². The summed E-state index contributed by atoms with van der Waals surface area (Å²) < 4.78 is 0. The molecule has 1 aliphatic carbocycles. The molecule has 0 amide bonds. The lowest BCUT2D eigenvalue weighted by molar-refractivity contribution is -0.0145. The fraction of sp³-hybridized carbons (Fsp3) is 0.571. The fourth-order valence-corrected chi connectivity index (χ4v) is 2.60. The Balaban J connectivity index is 2.10. The Bertz CT molecular complexity index is 296. The Kier molecular flexibility index (Phi) is 3.11. The summed E-state index contributed by atoms with van der Waals surface area (Å²) in [4.78, 5) is 0. The van der Waals surface area contributed by atoms with Crippen LogP contribution in [-0.4, -0.2) is 5.11 Å². The smallest absolute Gasteiger partial charge is 0.0896 e. The van der Waals surface area contributed by atoms with Gasteiger partial charge in [0, 0.05) is 0 Å². The Hall–Kier alpha value is -0.820. The summed E-state index contributed by atoms with van der Waals surface area (Å²) in [6.45, 7) is 2.25. The highest BCUT2D eigenvalue weighted by Gasteiger charge is 2.33. The van der Waals surface area contributed by atoms with Crippen LogP contribution < -0.4 is 0 Å². The first-order valence-electron chi connectivity index (χ1n) is 6.02. The molecule has 0 spiro atoms. The Morgan fingerprint density at radius 1 is 1.20 bits per heavy atom. The first kappa shape index (κ1) is 10.7. The molecular formula is C14H20O. The van der Waals surface area contributed by atoms with Gasteiger partial charge in [-0.2, -0.15) is 0 Å². The van der Waals surface area contributed by atoms with E-state index >= 15 is 0 Å². The summed E-state index contributed by atoms with van der Waals surface area (Å²) in [5.41, 5.74) is 0.548. The second-order valence-corrected chi connectivity index (χ2v) is 4.75. The van der Waals surface area contributed by atoms with Crippen molar-refractivity contribution in [2.45, 2.75) is 44.6 Å². The molecule has 0 aromatic heterocycles. The van der Waals surface area contributed by atoms with Gasteiger partial charge in [0.2, 0.25) is 0 Å². The van der Waals surface area contributed by atoms with Crippen molar-refractivity contribution in [3.63, 3.8) is 0 Å². The van der Waals surface area contributed by atoms with E-state index in [1.165, 1.54) is 19.3 Å². The van der Waals surface area contributed by atoms with E-state index in [9.17, 15) is 5.11 Å². The zero-order chi connectivity index (χ0) is 10.7. The number of hydrogen-bond acceptors (Lipinski definition) is 1. The molecule has 15 heavy (non-hydrogen) atoms. The molecule has 1 saturated carbocycles. The second-order valence-electron chi connectivity index (χ2n) is 4.75. The molecule has 1 heteroatoms. The summed E-state index contributed by atoms with van der Waals surface area (Å²) >= 11 is 0. The van der Waals surface area contributed by atoms with Crippen LogP contribution in [0.4, 0.5) is 0 Å². The fourth-order valence-electron chi connectivity index (χ4n) is 2.60. The number of aliphatic hydroxyl groups is 1. The van der Waals surface area contributed by atoms with Gasteiger partial charge in [-0.3, -0.25) is 0 Å². The van der Waals surface area contributed by atoms with Crippen LogP contribution in [0.15, 0.2) is 30.3 Å². The van der Waals surface area contributed by atoms with E-state index in [0.29, 0.717) is 0 Å². The molecule has 0 bridgehead atoms. The zero-order valence-electron chi connectivity index (χ0n) is 9.45. The molecular weight excluding hydrogens is 184 g/mol. The molecule has 1 N–H and O–H groups in total. The van der Waals surface area contributed by atoms with Gasteiger partial charge in [0.25, 0.3) is 0 Å². The van der Waals surface area contributed by atoms with Crippen LogP contribution in [-0.2, 0) is 5.60 Å². The van der Waals surface area contributed by atoms with E-state index in [1.807, 2.05) is 30.3 Å². The third kappa shape index (κ3) is 2.23. The van der Waals surface area contributed by atoms with Crippen LogP contribution in [0.2, 0.25) is 0 Å². The molecule has 0 heterocycles. The van der Waals surface area contributed by atoms with Crippen molar-refractivity contribution < 1.29 is 5.11 Å². The Morgan fingerprint density at radius 2 is 1.80 bits per heavy atom. The normalized spacial score (nSPS) is 31.5. The van der Waals surface area contributed by atoms with Crippen LogP contribution in [0.25, 0.3) is 0 Å². The van der Waals surface area contributed by atoms with Gasteiger partial charge in [-0.25, -0.2) is 0 Å². The Labute approximate surface area is 92.1 Å². The highest BCUT2D eigenvalue weighted by molar-refractivity contribution is 5.22. The van der Waals surface area contributed by atoms with Crippen molar-refractivity contribution in [1.82, 2.24) is 0 Å². The summed E-state index contributed by atoms with van der Waals surface area (Å²) in [5, 5.41) is 10.6. The van der Waals surface area contributed by atoms with Crippen molar-refractivity contribution in [3.8, 4) is 0 Å². The van der Waals surface area contributed by atoms with Crippen LogP contribution in [0.1, 0.15) is 44.6 Å². The summed E-state index contributed by atoms with van der Waals surface area (Å²) in [6.07, 6.45) is 5.44. The van der Waals surface area contributed by atoms with Crippen LogP contribution >= 0.6 is 0 Å². The molecule has 0 unspecified atom stereocenters. The molecule has 0 atom stereocenters. The SMILES string of the molecule is CCC1CCC(O)(c2ccccc2)CC1. The minimum atomic E-state index is -0.549. The maximum Gasteiger partial charge on any atom is 0.0896 e. The zero-order valence-corrected chi connectivity index (χ0v) is 9.45. The summed E-state index contributed by atoms with van der Waals surface area (Å²) in [7, 11) is 0. The van der Waals surface area contributed by atoms with Gasteiger partial charge in [-0.1, -0.05) is 43.7 Å². The molecule has 2 rings (SSSR count). The quantitative estimate of drug-likeness (QED) is 0.782. The molecule has 0 radical (unpaired) electrons. The van der Waals surface area contributed by atoms with Crippen molar-refractivity contribution in [2.24, 2.45) is 5.92 Å². The van der Waals surface area contributed by atoms with Gasteiger partial charge in [-0.05, 0) is 37.2 Å². The van der Waals surface area contributed by atoms with Crippen molar-refractivity contribution in [1.29, 1.82) is 0 Å². The molecule has 0 saturated heterocycles. The maximum atomic E-state index is 10.6. The summed E-state index contributed by atoms with van der Waals surface area (Å²) in [5.74, 6) is 0.828. The molecule has 1 aromatic rings. The van der Waals surface area contributed by atoms with Gasteiger partial charge >= 0.3 is 0 Å². The Morgan fingerprint density at radius 3 is 2.33 bits per heavy atom. The standard InChI is InChI=1S/C14H20O/c1-2-12-8-10-14(15,11-9-12)13-6-4-3-5-7-13/h3-7,12,15H,2,8-11H2,1H3. The van der Waals surface area contributed by atoms with E-state index in [2.05, 4.69) is 6.92 Å². The minimum absolute atomic E-state index is 0.549.